The van der Waals surface area contributed by atoms with E-state index >= 15 is 0 Å². The molecule has 3 rings (SSSR count). The Morgan fingerprint density at radius 3 is 3.11 bits per heavy atom. The third-order valence-corrected chi connectivity index (χ3v) is 3.77. The van der Waals surface area contributed by atoms with Crippen LogP contribution in [-0.4, -0.2) is 39.3 Å². The third-order valence-electron chi connectivity index (χ3n) is 3.77. The predicted molar refractivity (Wildman–Crippen MR) is 68.1 cm³/mol. The summed E-state index contributed by atoms with van der Waals surface area (Å²) in [6.07, 6.45) is 1.00. The molecule has 2 atom stereocenters. The fraction of sp³-hybridized carbons (Fsp3) is 0.462. The highest BCUT2D eigenvalue weighted by atomic mass is 16.5. The fourth-order valence-corrected chi connectivity index (χ4v) is 2.57. The topological polar surface area (TPSA) is 77.2 Å². The highest BCUT2D eigenvalue weighted by Gasteiger charge is 2.26. The van der Waals surface area contributed by atoms with Crippen molar-refractivity contribution in [3.05, 3.63) is 23.8 Å². The van der Waals surface area contributed by atoms with E-state index in [1.54, 1.807) is 16.8 Å². The maximum Gasteiger partial charge on any atom is 0.338 e. The molecule has 1 saturated heterocycles. The molecule has 1 aromatic heterocycles. The van der Waals surface area contributed by atoms with Crippen molar-refractivity contribution in [2.24, 2.45) is 5.92 Å². The summed E-state index contributed by atoms with van der Waals surface area (Å²) in [6.45, 7) is 3.57. The smallest absolute Gasteiger partial charge is 0.338 e. The van der Waals surface area contributed by atoms with Crippen LogP contribution in [0.25, 0.3) is 11.0 Å². The summed E-state index contributed by atoms with van der Waals surface area (Å²) in [7, 11) is 0. The second kappa shape index (κ2) is 4.62. The van der Waals surface area contributed by atoms with Crippen molar-refractivity contribution in [1.82, 2.24) is 15.0 Å². The van der Waals surface area contributed by atoms with Gasteiger partial charge in [0.25, 0.3) is 0 Å². The van der Waals surface area contributed by atoms with Crippen LogP contribution < -0.4 is 0 Å². The van der Waals surface area contributed by atoms with E-state index in [0.29, 0.717) is 11.4 Å². The number of benzene rings is 1. The van der Waals surface area contributed by atoms with Gasteiger partial charge in [0.15, 0.2) is 0 Å². The van der Waals surface area contributed by atoms with Gasteiger partial charge in [0.1, 0.15) is 5.52 Å². The number of carboxylic acids is 1. The van der Waals surface area contributed by atoms with Crippen LogP contribution in [0.4, 0.5) is 0 Å². The molecule has 1 aromatic carbocycles. The van der Waals surface area contributed by atoms with Gasteiger partial charge in [-0.25, -0.2) is 9.48 Å². The van der Waals surface area contributed by atoms with Gasteiger partial charge in [-0.1, -0.05) is 11.3 Å². The summed E-state index contributed by atoms with van der Waals surface area (Å²) in [4.78, 5) is 11.2. The number of rotatable bonds is 3. The van der Waals surface area contributed by atoms with Crippen LogP contribution in [0, 0.1) is 5.92 Å². The minimum Gasteiger partial charge on any atom is -0.478 e. The van der Waals surface area contributed by atoms with Crippen LogP contribution >= 0.6 is 0 Å². The molecular formula is C13H15N3O3. The van der Waals surface area contributed by atoms with Crippen molar-refractivity contribution in [2.75, 3.05) is 13.2 Å². The van der Waals surface area contributed by atoms with Gasteiger partial charge in [-0.05, 0) is 25.5 Å². The normalized spacial score (nSPS) is 20.8. The molecule has 0 bridgehead atoms. The zero-order valence-corrected chi connectivity index (χ0v) is 10.6. The Morgan fingerprint density at radius 2 is 2.42 bits per heavy atom. The number of aromatic carboxylic acids is 1. The second-order valence-electron chi connectivity index (χ2n) is 4.88. The van der Waals surface area contributed by atoms with Crippen LogP contribution in [0.15, 0.2) is 18.2 Å². The lowest BCUT2D eigenvalue weighted by Crippen LogP contribution is -2.18. The van der Waals surface area contributed by atoms with E-state index in [9.17, 15) is 4.79 Å². The van der Waals surface area contributed by atoms with Crippen molar-refractivity contribution in [1.29, 1.82) is 0 Å². The van der Waals surface area contributed by atoms with E-state index in [1.165, 1.54) is 0 Å². The Hall–Kier alpha value is -1.95. The Balaban J connectivity index is 2.05. The molecule has 0 radical (unpaired) electrons. The number of hydrogen-bond donors (Lipinski definition) is 1. The quantitative estimate of drug-likeness (QED) is 0.910. The maximum atomic E-state index is 11.2. The van der Waals surface area contributed by atoms with Gasteiger partial charge in [-0.15, -0.1) is 5.10 Å². The highest BCUT2D eigenvalue weighted by Crippen LogP contribution is 2.28. The van der Waals surface area contributed by atoms with E-state index < -0.39 is 5.97 Å². The SMILES string of the molecule is CC(C1CCOC1)n1nnc2c(C(=O)O)cccc21. The molecule has 1 aliphatic heterocycles. The second-order valence-corrected chi connectivity index (χ2v) is 4.88. The minimum absolute atomic E-state index is 0.150. The number of carboxylic acid groups (broad SMARTS) is 1. The molecule has 19 heavy (non-hydrogen) atoms. The van der Waals surface area contributed by atoms with Gasteiger partial charge in [0.05, 0.1) is 23.7 Å². The van der Waals surface area contributed by atoms with Gasteiger partial charge in [0, 0.05) is 12.5 Å². The van der Waals surface area contributed by atoms with Crippen molar-refractivity contribution in [2.45, 2.75) is 19.4 Å². The molecule has 6 nitrogen and oxygen atoms in total. The molecule has 1 fully saturated rings. The first-order valence-corrected chi connectivity index (χ1v) is 6.33. The lowest BCUT2D eigenvalue weighted by molar-refractivity contribution is 0.0699. The van der Waals surface area contributed by atoms with Gasteiger partial charge < -0.3 is 9.84 Å². The predicted octanol–water partition coefficient (Wildman–Crippen LogP) is 1.73. The Kier molecular flexibility index (Phi) is 2.94. The van der Waals surface area contributed by atoms with Crippen LogP contribution in [0.3, 0.4) is 0 Å². The summed E-state index contributed by atoms with van der Waals surface area (Å²) in [5.41, 5.74) is 1.40. The number of nitrogens with zero attached hydrogens (tertiary/aromatic N) is 3. The Morgan fingerprint density at radius 1 is 1.58 bits per heavy atom. The molecule has 2 heterocycles. The van der Waals surface area contributed by atoms with E-state index in [0.717, 1.165) is 25.2 Å². The lowest BCUT2D eigenvalue weighted by Gasteiger charge is -2.18. The summed E-state index contributed by atoms with van der Waals surface area (Å²) < 4.78 is 7.20. The first-order chi connectivity index (χ1) is 9.18. The molecule has 100 valence electrons. The van der Waals surface area contributed by atoms with Crippen LogP contribution in [-0.2, 0) is 4.74 Å². The minimum atomic E-state index is -0.977. The molecule has 0 spiro atoms. The van der Waals surface area contributed by atoms with Crippen molar-refractivity contribution in [3.63, 3.8) is 0 Å². The molecule has 0 aliphatic carbocycles. The maximum absolute atomic E-state index is 11.2. The fourth-order valence-electron chi connectivity index (χ4n) is 2.57. The summed E-state index contributed by atoms with van der Waals surface area (Å²) in [5.74, 6) is -0.576. The average Bonchev–Trinajstić information content (AvgIpc) is 3.06. The molecule has 2 unspecified atom stereocenters. The largest absolute Gasteiger partial charge is 0.478 e. The van der Waals surface area contributed by atoms with Crippen LogP contribution in [0.5, 0.6) is 0 Å². The number of aromatic nitrogens is 3. The lowest BCUT2D eigenvalue weighted by atomic mass is 10.0. The van der Waals surface area contributed by atoms with E-state index in [4.69, 9.17) is 9.84 Å². The number of carbonyl (C=O) groups is 1. The third kappa shape index (κ3) is 1.98. The molecule has 0 saturated carbocycles. The monoisotopic (exact) mass is 261 g/mol. The standard InChI is InChI=1S/C13H15N3O3/c1-8(9-5-6-19-7-9)16-11-4-2-3-10(13(17)18)12(11)14-15-16/h2-4,8-9H,5-7H2,1H3,(H,17,18). The molecule has 1 N–H and O–H groups in total. The first kappa shape index (κ1) is 12.1. The van der Waals surface area contributed by atoms with Crippen molar-refractivity contribution >= 4 is 17.0 Å². The number of ether oxygens (including phenoxy) is 1. The Bertz CT molecular complexity index is 617. The van der Waals surface area contributed by atoms with Gasteiger partial charge >= 0.3 is 5.97 Å². The summed E-state index contributed by atoms with van der Waals surface area (Å²) >= 11 is 0. The average molecular weight is 261 g/mol. The molecule has 1 aliphatic rings. The van der Waals surface area contributed by atoms with E-state index in [2.05, 4.69) is 17.2 Å². The van der Waals surface area contributed by atoms with Gasteiger partial charge in [-0.3, -0.25) is 0 Å². The molecule has 2 aromatic rings. The molecule has 6 heteroatoms. The van der Waals surface area contributed by atoms with E-state index in [1.807, 2.05) is 6.07 Å². The summed E-state index contributed by atoms with van der Waals surface area (Å²) in [6, 6.07) is 5.28. The summed E-state index contributed by atoms with van der Waals surface area (Å²) in [5, 5.41) is 17.3. The number of hydrogen-bond acceptors (Lipinski definition) is 4. The highest BCUT2D eigenvalue weighted by molar-refractivity contribution is 6.00. The van der Waals surface area contributed by atoms with Gasteiger partial charge in [-0.2, -0.15) is 0 Å². The van der Waals surface area contributed by atoms with Crippen molar-refractivity contribution in [3.8, 4) is 0 Å². The van der Waals surface area contributed by atoms with Gasteiger partial charge in [0.2, 0.25) is 0 Å². The number of fused-ring (bicyclic) bond motifs is 1. The molecular weight excluding hydrogens is 246 g/mol. The Labute approximate surface area is 110 Å². The van der Waals surface area contributed by atoms with Crippen molar-refractivity contribution < 1.29 is 14.6 Å². The zero-order chi connectivity index (χ0) is 13.4. The van der Waals surface area contributed by atoms with Crippen LogP contribution in [0.2, 0.25) is 0 Å². The van der Waals surface area contributed by atoms with Crippen LogP contribution in [0.1, 0.15) is 29.7 Å². The zero-order valence-electron chi connectivity index (χ0n) is 10.6. The first-order valence-electron chi connectivity index (χ1n) is 6.33. The molecule has 0 amide bonds. The van der Waals surface area contributed by atoms with E-state index in [-0.39, 0.29) is 11.6 Å².